The Hall–Kier alpha value is -2.44. The van der Waals surface area contributed by atoms with Gasteiger partial charge in [0.05, 0.1) is 20.1 Å². The first-order valence-electron chi connectivity index (χ1n) is 13.3. The van der Waals surface area contributed by atoms with Gasteiger partial charge >= 0.3 is 11.9 Å². The van der Waals surface area contributed by atoms with E-state index in [2.05, 4.69) is 0 Å². The maximum atomic E-state index is 12.7. The molecule has 39 heavy (non-hydrogen) atoms. The molecule has 1 aromatic carbocycles. The molecule has 0 radical (unpaired) electrons. The molecule has 1 saturated carbocycles. The van der Waals surface area contributed by atoms with Gasteiger partial charge in [-0.2, -0.15) is 0 Å². The lowest BCUT2D eigenvalue weighted by Gasteiger charge is -2.68. The number of benzene rings is 1. The van der Waals surface area contributed by atoms with E-state index in [-0.39, 0.29) is 26.1 Å². The number of hydrogen-bond acceptors (Lipinski definition) is 11. The first-order chi connectivity index (χ1) is 18.2. The zero-order chi connectivity index (χ0) is 28.0. The minimum atomic E-state index is -1.86. The average Bonchev–Trinajstić information content (AvgIpc) is 3.43. The molecule has 212 valence electrons. The predicted octanol–water partition coefficient (Wildman–Crippen LogP) is 2.29. The number of hydrogen-bond donors (Lipinski definition) is 1. The number of esters is 2. The highest BCUT2D eigenvalue weighted by atomic mass is 16.9. The van der Waals surface area contributed by atoms with Crippen LogP contribution < -0.4 is 9.47 Å². The monoisotopic (exact) mass is 546 g/mol. The SMILES string of the molecule is COc1c2c(c(C)c3c1C(=O)OC3)O[C@@]1(C)C[C@]3(O)OC[C@]4(C)O[C@@]5(OC)C[C@@H](OC(C)=O)[C@](C)([C@H]1C2)[C@]43O5. The lowest BCUT2D eigenvalue weighted by molar-refractivity contribution is -0.450. The number of rotatable bonds is 3. The molecule has 11 heteroatoms. The van der Waals surface area contributed by atoms with Gasteiger partial charge in [0.2, 0.25) is 5.79 Å². The van der Waals surface area contributed by atoms with Gasteiger partial charge < -0.3 is 43.0 Å². The second-order valence-corrected chi connectivity index (χ2v) is 12.4. The topological polar surface area (TPSA) is 128 Å². The minimum absolute atomic E-state index is 0.0369. The van der Waals surface area contributed by atoms with Crippen LogP contribution in [0, 0.1) is 18.3 Å². The molecule has 4 fully saturated rings. The van der Waals surface area contributed by atoms with Crippen molar-refractivity contribution in [2.45, 2.75) is 95.2 Å². The third-order valence-corrected chi connectivity index (χ3v) is 10.5. The molecule has 11 nitrogen and oxygen atoms in total. The fraction of sp³-hybridized carbons (Fsp3) is 0.714. The second kappa shape index (κ2) is 7.25. The Morgan fingerprint density at radius 1 is 1.13 bits per heavy atom. The molecule has 0 unspecified atom stereocenters. The number of carbonyl (C=O) groups excluding carboxylic acids is 2. The smallest absolute Gasteiger partial charge is 0.342 e. The maximum Gasteiger partial charge on any atom is 0.342 e. The summed E-state index contributed by atoms with van der Waals surface area (Å²) in [6.07, 6.45) is -0.263. The van der Waals surface area contributed by atoms with E-state index in [1.54, 1.807) is 0 Å². The molecule has 7 rings (SSSR count). The lowest BCUT2D eigenvalue weighted by atomic mass is 9.44. The van der Waals surface area contributed by atoms with E-state index in [0.29, 0.717) is 23.5 Å². The molecule has 1 N–H and O–H groups in total. The summed E-state index contributed by atoms with van der Waals surface area (Å²) in [5, 5.41) is 12.4. The third kappa shape index (κ3) is 2.62. The van der Waals surface area contributed by atoms with Crippen LogP contribution in [0.5, 0.6) is 11.5 Å². The molecular weight excluding hydrogens is 512 g/mol. The summed E-state index contributed by atoms with van der Waals surface area (Å²) < 4.78 is 49.2. The van der Waals surface area contributed by atoms with E-state index < -0.39 is 57.9 Å². The summed E-state index contributed by atoms with van der Waals surface area (Å²) in [5.74, 6) is -3.69. The molecule has 2 bridgehead atoms. The van der Waals surface area contributed by atoms with Crippen LogP contribution in [-0.2, 0) is 46.2 Å². The van der Waals surface area contributed by atoms with Crippen LogP contribution in [0.3, 0.4) is 0 Å². The van der Waals surface area contributed by atoms with Crippen LogP contribution in [0.2, 0.25) is 0 Å². The third-order valence-electron chi connectivity index (χ3n) is 10.5. The van der Waals surface area contributed by atoms with Crippen molar-refractivity contribution in [3.05, 3.63) is 22.3 Å². The Bertz CT molecular complexity index is 1340. The molecule has 1 aliphatic carbocycles. The zero-order valence-electron chi connectivity index (χ0n) is 23.2. The van der Waals surface area contributed by atoms with Crippen molar-refractivity contribution in [2.24, 2.45) is 11.3 Å². The Morgan fingerprint density at radius 2 is 1.87 bits per heavy atom. The molecule has 6 aliphatic rings. The summed E-state index contributed by atoms with van der Waals surface area (Å²) in [6.45, 7) is 9.15. The van der Waals surface area contributed by atoms with Gasteiger partial charge in [-0.05, 0) is 32.8 Å². The normalized spacial score (nSPS) is 46.4. The van der Waals surface area contributed by atoms with Crippen LogP contribution in [0.15, 0.2) is 0 Å². The van der Waals surface area contributed by atoms with Gasteiger partial charge in [-0.3, -0.25) is 4.79 Å². The number of methoxy groups -OCH3 is 2. The minimum Gasteiger partial charge on any atom is -0.495 e. The van der Waals surface area contributed by atoms with E-state index in [1.165, 1.54) is 21.1 Å². The molecule has 0 amide bonds. The van der Waals surface area contributed by atoms with Gasteiger partial charge in [0, 0.05) is 42.9 Å². The van der Waals surface area contributed by atoms with Crippen molar-refractivity contribution in [2.75, 3.05) is 20.8 Å². The van der Waals surface area contributed by atoms with E-state index in [0.717, 1.165) is 16.7 Å². The van der Waals surface area contributed by atoms with Crippen molar-refractivity contribution in [3.8, 4) is 11.5 Å². The van der Waals surface area contributed by atoms with Gasteiger partial charge in [-0.15, -0.1) is 0 Å². The summed E-state index contributed by atoms with van der Waals surface area (Å²) in [4.78, 5) is 25.2. The van der Waals surface area contributed by atoms with Crippen molar-refractivity contribution >= 4 is 11.9 Å². The number of aliphatic hydroxyl groups is 1. The fourth-order valence-corrected chi connectivity index (χ4v) is 9.09. The summed E-state index contributed by atoms with van der Waals surface area (Å²) in [6, 6.07) is 0. The summed E-state index contributed by atoms with van der Waals surface area (Å²) in [5.41, 5.74) is -2.05. The second-order valence-electron chi connectivity index (χ2n) is 12.4. The quantitative estimate of drug-likeness (QED) is 0.561. The first kappa shape index (κ1) is 25.5. The zero-order valence-corrected chi connectivity index (χ0v) is 23.2. The molecule has 5 heterocycles. The van der Waals surface area contributed by atoms with E-state index in [1.807, 2.05) is 27.7 Å². The average molecular weight is 547 g/mol. The highest BCUT2D eigenvalue weighted by molar-refractivity contribution is 5.98. The highest BCUT2D eigenvalue weighted by Crippen LogP contribution is 2.76. The summed E-state index contributed by atoms with van der Waals surface area (Å²) in [7, 11) is 2.99. The van der Waals surface area contributed by atoms with Crippen LogP contribution in [-0.4, -0.2) is 72.5 Å². The largest absolute Gasteiger partial charge is 0.495 e. The Morgan fingerprint density at radius 3 is 2.54 bits per heavy atom. The van der Waals surface area contributed by atoms with Crippen molar-refractivity contribution in [3.63, 3.8) is 0 Å². The molecule has 5 aliphatic heterocycles. The molecule has 0 aromatic heterocycles. The van der Waals surface area contributed by atoms with Crippen LogP contribution in [0.1, 0.15) is 67.6 Å². The van der Waals surface area contributed by atoms with Crippen LogP contribution in [0.4, 0.5) is 0 Å². The van der Waals surface area contributed by atoms with Gasteiger partial charge in [0.15, 0.2) is 5.60 Å². The first-order valence-corrected chi connectivity index (χ1v) is 13.3. The Balaban J connectivity index is 1.49. The van der Waals surface area contributed by atoms with E-state index in [9.17, 15) is 14.7 Å². The van der Waals surface area contributed by atoms with E-state index in [4.69, 9.17) is 37.9 Å². The van der Waals surface area contributed by atoms with Gasteiger partial charge in [-0.1, -0.05) is 6.92 Å². The Labute approximate surface area is 225 Å². The van der Waals surface area contributed by atoms with Crippen molar-refractivity contribution in [1.29, 1.82) is 0 Å². The van der Waals surface area contributed by atoms with Crippen LogP contribution in [0.25, 0.3) is 0 Å². The number of carbonyl (C=O) groups is 2. The van der Waals surface area contributed by atoms with Crippen LogP contribution >= 0.6 is 0 Å². The van der Waals surface area contributed by atoms with Gasteiger partial charge in [0.25, 0.3) is 5.97 Å². The maximum absolute atomic E-state index is 12.7. The predicted molar refractivity (Wildman–Crippen MR) is 130 cm³/mol. The Kier molecular flexibility index (Phi) is 4.74. The highest BCUT2D eigenvalue weighted by Gasteiger charge is 2.92. The molecular formula is C28H34O11. The van der Waals surface area contributed by atoms with Gasteiger partial charge in [0.1, 0.15) is 41.0 Å². The standard InChI is InChI=1S/C28H34O11/c1-13-16-10-34-22(30)19(16)21(32-6)15-8-17-23(3,37-20(13)15)11-26(31)28-24(4,12-35-26)38-27(33-7,39-28)9-18(25(17,28)5)36-14(2)29/h17-18,31H,8-12H2,1-7H3/t17-,18+,23-,24-,25-,26-,27-,28+/m0/s1. The fourth-order valence-electron chi connectivity index (χ4n) is 9.09. The lowest BCUT2D eigenvalue weighted by Crippen LogP contribution is -2.82. The summed E-state index contributed by atoms with van der Waals surface area (Å²) >= 11 is 0. The van der Waals surface area contributed by atoms with Gasteiger partial charge in [-0.25, -0.2) is 4.79 Å². The number of cyclic esters (lactones) is 1. The van der Waals surface area contributed by atoms with Crippen molar-refractivity contribution in [1.82, 2.24) is 0 Å². The molecule has 1 spiro atoms. The molecule has 3 saturated heterocycles. The number of fused-ring (bicyclic) bond motifs is 5. The molecule has 8 atom stereocenters. The molecule has 1 aromatic rings. The number of ether oxygens (including phenoxy) is 8. The van der Waals surface area contributed by atoms with E-state index >= 15 is 0 Å². The van der Waals surface area contributed by atoms with Crippen molar-refractivity contribution < 1.29 is 52.6 Å².